The quantitative estimate of drug-likeness (QED) is 0.787. The molecular weight excluding hydrogens is 294 g/mol. The average molecular weight is 319 g/mol. The lowest BCUT2D eigenvalue weighted by Crippen LogP contribution is -2.01. The van der Waals surface area contributed by atoms with Crippen molar-refractivity contribution in [3.63, 3.8) is 0 Å². The fourth-order valence-electron chi connectivity index (χ4n) is 3.02. The van der Waals surface area contributed by atoms with Crippen molar-refractivity contribution in [1.82, 2.24) is 9.97 Å². The van der Waals surface area contributed by atoms with E-state index in [0.717, 1.165) is 16.9 Å². The van der Waals surface area contributed by atoms with Crippen molar-refractivity contribution in [1.29, 1.82) is 0 Å². The number of hydrogen-bond acceptors (Lipinski definition) is 2. The van der Waals surface area contributed by atoms with Crippen molar-refractivity contribution in [2.75, 3.05) is 7.05 Å². The van der Waals surface area contributed by atoms with Gasteiger partial charge in [-0.15, -0.1) is 0 Å². The SMILES string of the molecule is C/C=C1/C=C(c2c[nH]c3nc(C4CC4)ccc23)C=CC1=NC.CC. The maximum atomic E-state index is 4.78. The van der Waals surface area contributed by atoms with Crippen molar-refractivity contribution >= 4 is 22.3 Å². The van der Waals surface area contributed by atoms with Gasteiger partial charge in [0.15, 0.2) is 0 Å². The van der Waals surface area contributed by atoms with Gasteiger partial charge in [0, 0.05) is 35.8 Å². The summed E-state index contributed by atoms with van der Waals surface area (Å²) >= 11 is 0. The van der Waals surface area contributed by atoms with Crippen LogP contribution in [0.15, 0.2) is 53.2 Å². The molecular formula is C21H25N3. The molecule has 124 valence electrons. The predicted molar refractivity (Wildman–Crippen MR) is 104 cm³/mol. The molecule has 0 radical (unpaired) electrons. The van der Waals surface area contributed by atoms with Gasteiger partial charge in [0.1, 0.15) is 5.65 Å². The summed E-state index contributed by atoms with van der Waals surface area (Å²) in [5.41, 5.74) is 6.81. The first-order valence-electron chi connectivity index (χ1n) is 8.82. The van der Waals surface area contributed by atoms with E-state index in [4.69, 9.17) is 4.98 Å². The van der Waals surface area contributed by atoms with Crippen molar-refractivity contribution in [3.8, 4) is 0 Å². The van der Waals surface area contributed by atoms with E-state index in [1.165, 1.54) is 35.1 Å². The molecule has 1 N–H and O–H groups in total. The normalized spacial score (nSPS) is 20.2. The lowest BCUT2D eigenvalue weighted by molar-refractivity contribution is 1.04. The van der Waals surface area contributed by atoms with Gasteiger partial charge >= 0.3 is 0 Å². The number of nitrogens with one attached hydrogen (secondary N) is 1. The van der Waals surface area contributed by atoms with Crippen molar-refractivity contribution < 1.29 is 0 Å². The summed E-state index contributed by atoms with van der Waals surface area (Å²) in [6.07, 6.45) is 13.1. The molecule has 2 aromatic rings. The number of allylic oxidation sites excluding steroid dienone is 6. The van der Waals surface area contributed by atoms with Crippen LogP contribution in [0.2, 0.25) is 0 Å². The second-order valence-electron chi connectivity index (χ2n) is 5.89. The lowest BCUT2D eigenvalue weighted by Gasteiger charge is -2.11. The number of aromatic amines is 1. The number of hydrogen-bond donors (Lipinski definition) is 1. The van der Waals surface area contributed by atoms with E-state index in [2.05, 4.69) is 52.6 Å². The van der Waals surface area contributed by atoms with Crippen LogP contribution < -0.4 is 0 Å². The monoisotopic (exact) mass is 319 g/mol. The van der Waals surface area contributed by atoms with E-state index in [0.29, 0.717) is 5.92 Å². The first kappa shape index (κ1) is 16.4. The lowest BCUT2D eigenvalue weighted by atomic mass is 9.95. The molecule has 0 aliphatic heterocycles. The number of fused-ring (bicyclic) bond motifs is 1. The van der Waals surface area contributed by atoms with Crippen LogP contribution in [-0.2, 0) is 0 Å². The summed E-state index contributed by atoms with van der Waals surface area (Å²) in [6, 6.07) is 4.38. The molecule has 1 fully saturated rings. The van der Waals surface area contributed by atoms with E-state index < -0.39 is 0 Å². The zero-order chi connectivity index (χ0) is 17.1. The second-order valence-corrected chi connectivity index (χ2v) is 5.89. The second kappa shape index (κ2) is 7.00. The van der Waals surface area contributed by atoms with Crippen molar-refractivity contribution in [3.05, 3.63) is 59.5 Å². The molecule has 0 atom stereocenters. The van der Waals surface area contributed by atoms with Crippen LogP contribution in [0.3, 0.4) is 0 Å². The van der Waals surface area contributed by atoms with Crippen LogP contribution in [0.25, 0.3) is 16.6 Å². The van der Waals surface area contributed by atoms with Gasteiger partial charge in [-0.25, -0.2) is 4.98 Å². The average Bonchev–Trinajstić information content (AvgIpc) is 3.42. The molecule has 3 heteroatoms. The zero-order valence-corrected chi connectivity index (χ0v) is 14.9. The molecule has 2 aliphatic carbocycles. The van der Waals surface area contributed by atoms with E-state index in [1.807, 2.05) is 27.8 Å². The van der Waals surface area contributed by atoms with Gasteiger partial charge in [-0.05, 0) is 55.2 Å². The molecule has 3 nitrogen and oxygen atoms in total. The van der Waals surface area contributed by atoms with Gasteiger partial charge in [-0.1, -0.05) is 26.0 Å². The highest BCUT2D eigenvalue weighted by molar-refractivity contribution is 6.15. The van der Waals surface area contributed by atoms with E-state index >= 15 is 0 Å². The summed E-state index contributed by atoms with van der Waals surface area (Å²) in [6.45, 7) is 6.05. The van der Waals surface area contributed by atoms with Gasteiger partial charge in [0.2, 0.25) is 0 Å². The van der Waals surface area contributed by atoms with Gasteiger partial charge in [0.25, 0.3) is 0 Å². The highest BCUT2D eigenvalue weighted by atomic mass is 14.9. The van der Waals surface area contributed by atoms with Crippen LogP contribution in [0, 0.1) is 0 Å². The van der Waals surface area contributed by atoms with E-state index in [-0.39, 0.29) is 0 Å². The summed E-state index contributed by atoms with van der Waals surface area (Å²) in [7, 11) is 1.83. The molecule has 24 heavy (non-hydrogen) atoms. The number of pyridine rings is 1. The van der Waals surface area contributed by atoms with E-state index in [1.54, 1.807) is 0 Å². The third-order valence-corrected chi connectivity index (χ3v) is 4.45. The third-order valence-electron chi connectivity index (χ3n) is 4.45. The Hall–Kier alpha value is -2.42. The molecule has 4 rings (SSSR count). The Morgan fingerprint density at radius 1 is 1.21 bits per heavy atom. The zero-order valence-electron chi connectivity index (χ0n) is 14.9. The molecule has 1 saturated carbocycles. The number of nitrogens with zero attached hydrogens (tertiary/aromatic N) is 2. The summed E-state index contributed by atoms with van der Waals surface area (Å²) < 4.78 is 0. The van der Waals surface area contributed by atoms with Crippen molar-refractivity contribution in [2.45, 2.75) is 39.5 Å². The third kappa shape index (κ3) is 2.99. The topological polar surface area (TPSA) is 41.0 Å². The summed E-state index contributed by atoms with van der Waals surface area (Å²) in [4.78, 5) is 12.4. The minimum Gasteiger partial charge on any atom is -0.346 e. The van der Waals surface area contributed by atoms with Gasteiger partial charge < -0.3 is 4.98 Å². The molecule has 2 aromatic heterocycles. The predicted octanol–water partition coefficient (Wildman–Crippen LogP) is 5.44. The summed E-state index contributed by atoms with van der Waals surface area (Å²) in [5, 5.41) is 1.19. The van der Waals surface area contributed by atoms with Crippen LogP contribution in [0.4, 0.5) is 0 Å². The first-order chi connectivity index (χ1) is 11.8. The van der Waals surface area contributed by atoms with Crippen LogP contribution >= 0.6 is 0 Å². The maximum Gasteiger partial charge on any atom is 0.138 e. The van der Waals surface area contributed by atoms with Gasteiger partial charge in [-0.3, -0.25) is 4.99 Å². The smallest absolute Gasteiger partial charge is 0.138 e. The molecule has 0 bridgehead atoms. The largest absolute Gasteiger partial charge is 0.346 e. The number of H-pyrrole nitrogens is 1. The van der Waals surface area contributed by atoms with E-state index in [9.17, 15) is 0 Å². The highest BCUT2D eigenvalue weighted by Gasteiger charge is 2.25. The van der Waals surface area contributed by atoms with Crippen LogP contribution in [-0.4, -0.2) is 22.7 Å². The minimum absolute atomic E-state index is 0.683. The number of rotatable bonds is 2. The Kier molecular flexibility index (Phi) is 4.79. The van der Waals surface area contributed by atoms with Gasteiger partial charge in [-0.2, -0.15) is 0 Å². The Morgan fingerprint density at radius 2 is 2.00 bits per heavy atom. The van der Waals surface area contributed by atoms with Crippen molar-refractivity contribution in [2.24, 2.45) is 4.99 Å². The minimum atomic E-state index is 0.683. The Labute approximate surface area is 143 Å². The number of aliphatic imine (C=N–C) groups is 1. The Morgan fingerprint density at radius 3 is 2.67 bits per heavy atom. The van der Waals surface area contributed by atoms with Crippen LogP contribution in [0.5, 0.6) is 0 Å². The molecule has 0 unspecified atom stereocenters. The van der Waals surface area contributed by atoms with Crippen LogP contribution in [0.1, 0.15) is 50.8 Å². The molecule has 0 saturated heterocycles. The fraction of sp³-hybridized carbons (Fsp3) is 0.333. The van der Waals surface area contributed by atoms with Gasteiger partial charge in [0.05, 0.1) is 5.71 Å². The molecule has 0 aromatic carbocycles. The molecule has 2 heterocycles. The molecule has 0 spiro atoms. The fourth-order valence-corrected chi connectivity index (χ4v) is 3.02. The Balaban J connectivity index is 0.000000815. The first-order valence-corrected chi connectivity index (χ1v) is 8.82. The Bertz CT molecular complexity index is 858. The summed E-state index contributed by atoms with van der Waals surface area (Å²) in [5.74, 6) is 0.683. The maximum absolute atomic E-state index is 4.78. The highest BCUT2D eigenvalue weighted by Crippen LogP contribution is 2.40. The molecule has 2 aliphatic rings. The number of aromatic nitrogens is 2. The molecule has 0 amide bonds. The standard InChI is InChI=1S/C19H19N3.C2H6/c1-3-12-10-14(6-8-17(12)20-2)16-11-21-19-15(16)7-9-18(22-19)13-4-5-13;1-2/h3,6-11,13H,4-5H2,1-2H3,(H,21,22);1-2H3/b12-3-,20-17?;.